The first kappa shape index (κ1) is 17.0. The topological polar surface area (TPSA) is 78.8 Å². The molecule has 7 atom stereocenters. The predicted molar refractivity (Wildman–Crippen MR) is 95.2 cm³/mol. The lowest BCUT2D eigenvalue weighted by atomic mass is 9.45. The molecular weight excluding hydrogens is 316 g/mol. The van der Waals surface area contributed by atoms with Crippen LogP contribution >= 0.6 is 0 Å². The molecule has 3 saturated carbocycles. The summed E-state index contributed by atoms with van der Waals surface area (Å²) in [7, 11) is 0. The number of hydrogen-bond acceptors (Lipinski definition) is 3. The molecule has 0 spiro atoms. The monoisotopic (exact) mass is 346 g/mol. The normalized spacial score (nSPS) is 51.7. The van der Waals surface area contributed by atoms with Gasteiger partial charge in [0.25, 0.3) is 0 Å². The first-order valence-corrected chi connectivity index (χ1v) is 9.79. The standard InChI is InChI=1S/C20H30N2O3/c1-18-9-7-14-12(13(18)4-5-15(18)17(24)25)6-11-20(21-3)19(14,2)10-8-16(23)22-20/h12-15H,3-11H2,1-2H3,(H,22,23)(H,24,25)/t12?,13?,14?,15?,18?,19?,20-/m1/s1. The van der Waals surface area contributed by atoms with Gasteiger partial charge in [-0.15, -0.1) is 0 Å². The van der Waals surface area contributed by atoms with Crippen LogP contribution in [0.2, 0.25) is 0 Å². The number of amides is 1. The van der Waals surface area contributed by atoms with Crippen molar-refractivity contribution in [2.45, 2.75) is 70.9 Å². The second-order valence-corrected chi connectivity index (χ2v) is 9.41. The van der Waals surface area contributed by atoms with Crippen LogP contribution in [0.15, 0.2) is 4.99 Å². The zero-order valence-corrected chi connectivity index (χ0v) is 15.4. The number of fused-ring (bicyclic) bond motifs is 5. The summed E-state index contributed by atoms with van der Waals surface area (Å²) < 4.78 is 0. The van der Waals surface area contributed by atoms with Gasteiger partial charge in [0.15, 0.2) is 0 Å². The largest absolute Gasteiger partial charge is 0.481 e. The summed E-state index contributed by atoms with van der Waals surface area (Å²) >= 11 is 0. The lowest BCUT2D eigenvalue weighted by molar-refractivity contribution is -0.160. The van der Waals surface area contributed by atoms with E-state index in [2.05, 4.69) is 30.9 Å². The molecule has 138 valence electrons. The minimum Gasteiger partial charge on any atom is -0.481 e. The number of hydrogen-bond donors (Lipinski definition) is 2. The van der Waals surface area contributed by atoms with Crippen molar-refractivity contribution in [2.75, 3.05) is 0 Å². The van der Waals surface area contributed by atoms with Crippen LogP contribution in [-0.4, -0.2) is 29.4 Å². The van der Waals surface area contributed by atoms with Gasteiger partial charge < -0.3 is 10.4 Å². The highest BCUT2D eigenvalue weighted by Gasteiger charge is 2.65. The third-order valence-electron chi connectivity index (χ3n) is 8.83. The minimum atomic E-state index is -0.613. The molecule has 6 unspecified atom stereocenters. The van der Waals surface area contributed by atoms with Gasteiger partial charge in [-0.05, 0) is 74.8 Å². The van der Waals surface area contributed by atoms with Crippen molar-refractivity contribution in [3.8, 4) is 0 Å². The summed E-state index contributed by atoms with van der Waals surface area (Å²) in [6, 6.07) is 0. The van der Waals surface area contributed by atoms with E-state index in [4.69, 9.17) is 0 Å². The Morgan fingerprint density at radius 1 is 1.16 bits per heavy atom. The van der Waals surface area contributed by atoms with Crippen molar-refractivity contribution in [2.24, 2.45) is 39.5 Å². The molecule has 5 nitrogen and oxygen atoms in total. The van der Waals surface area contributed by atoms with E-state index in [9.17, 15) is 14.7 Å². The fourth-order valence-corrected chi connectivity index (χ4v) is 7.42. The van der Waals surface area contributed by atoms with Gasteiger partial charge in [-0.1, -0.05) is 13.8 Å². The fraction of sp³-hybridized carbons (Fsp3) is 0.850. The average molecular weight is 346 g/mol. The van der Waals surface area contributed by atoms with Crippen LogP contribution in [0.1, 0.15) is 65.2 Å². The SMILES string of the molecule is C=N[C@@]12CCC3C4CCC(C(=O)O)C4(C)CCC3C1(C)CCC(=O)N2. The van der Waals surface area contributed by atoms with Gasteiger partial charge in [-0.3, -0.25) is 14.6 Å². The van der Waals surface area contributed by atoms with Gasteiger partial charge >= 0.3 is 5.97 Å². The summed E-state index contributed by atoms with van der Waals surface area (Å²) in [5.41, 5.74) is -0.654. The highest BCUT2D eigenvalue weighted by molar-refractivity contribution is 5.78. The number of piperidine rings is 1. The van der Waals surface area contributed by atoms with Crippen LogP contribution < -0.4 is 5.32 Å². The number of carbonyl (C=O) groups is 2. The number of aliphatic carboxylic acids is 1. The molecule has 0 aromatic heterocycles. The molecule has 1 amide bonds. The molecule has 0 aromatic carbocycles. The van der Waals surface area contributed by atoms with Gasteiger partial charge in [0.1, 0.15) is 5.66 Å². The van der Waals surface area contributed by atoms with E-state index in [0.717, 1.165) is 44.9 Å². The van der Waals surface area contributed by atoms with Crippen molar-refractivity contribution in [3.05, 3.63) is 0 Å². The number of rotatable bonds is 2. The van der Waals surface area contributed by atoms with E-state index < -0.39 is 11.6 Å². The maximum atomic E-state index is 12.1. The summed E-state index contributed by atoms with van der Waals surface area (Å²) in [6.45, 7) is 8.37. The molecule has 0 radical (unpaired) electrons. The van der Waals surface area contributed by atoms with E-state index in [1.807, 2.05) is 0 Å². The molecule has 1 saturated heterocycles. The average Bonchev–Trinajstić information content (AvgIpc) is 2.93. The molecule has 4 fully saturated rings. The number of carboxylic acids is 1. The Morgan fingerprint density at radius 3 is 2.60 bits per heavy atom. The molecule has 4 rings (SSSR count). The van der Waals surface area contributed by atoms with Crippen LogP contribution in [0, 0.1) is 34.5 Å². The Hall–Kier alpha value is -1.39. The molecule has 2 N–H and O–H groups in total. The van der Waals surface area contributed by atoms with Crippen molar-refractivity contribution < 1.29 is 14.7 Å². The smallest absolute Gasteiger partial charge is 0.307 e. The molecule has 5 heteroatoms. The Bertz CT molecular complexity index is 634. The number of aliphatic imine (C=N–C) groups is 1. The number of nitrogens with one attached hydrogen (secondary N) is 1. The zero-order chi connectivity index (χ0) is 18.0. The first-order valence-electron chi connectivity index (χ1n) is 9.79. The molecular formula is C20H30N2O3. The van der Waals surface area contributed by atoms with Gasteiger partial charge in [-0.25, -0.2) is 0 Å². The Kier molecular flexibility index (Phi) is 3.62. The fourth-order valence-electron chi connectivity index (χ4n) is 7.42. The van der Waals surface area contributed by atoms with Gasteiger partial charge in [0.05, 0.1) is 5.92 Å². The molecule has 0 bridgehead atoms. The van der Waals surface area contributed by atoms with E-state index >= 15 is 0 Å². The van der Waals surface area contributed by atoms with Crippen molar-refractivity contribution in [1.29, 1.82) is 0 Å². The third kappa shape index (κ3) is 2.04. The Labute approximate surface area is 149 Å². The van der Waals surface area contributed by atoms with E-state index in [1.165, 1.54) is 0 Å². The van der Waals surface area contributed by atoms with E-state index in [-0.39, 0.29) is 22.7 Å². The third-order valence-corrected chi connectivity index (χ3v) is 8.83. The zero-order valence-electron chi connectivity index (χ0n) is 15.4. The number of nitrogens with zero attached hydrogens (tertiary/aromatic N) is 1. The van der Waals surface area contributed by atoms with Crippen LogP contribution in [0.4, 0.5) is 0 Å². The highest BCUT2D eigenvalue weighted by Crippen LogP contribution is 2.67. The minimum absolute atomic E-state index is 0.0613. The second kappa shape index (κ2) is 5.31. The van der Waals surface area contributed by atoms with Gasteiger partial charge in [0, 0.05) is 11.8 Å². The molecule has 4 aliphatic rings. The highest BCUT2D eigenvalue weighted by atomic mass is 16.4. The lowest BCUT2D eigenvalue weighted by Gasteiger charge is -2.63. The van der Waals surface area contributed by atoms with Gasteiger partial charge in [-0.2, -0.15) is 0 Å². The summed E-state index contributed by atoms with van der Waals surface area (Å²) in [5.74, 6) is 0.829. The van der Waals surface area contributed by atoms with Crippen LogP contribution in [-0.2, 0) is 9.59 Å². The molecule has 1 aliphatic heterocycles. The van der Waals surface area contributed by atoms with Crippen LogP contribution in [0.5, 0.6) is 0 Å². The van der Waals surface area contributed by atoms with E-state index in [0.29, 0.717) is 24.2 Å². The number of carboxylic acid groups (broad SMARTS) is 1. The molecule has 1 heterocycles. The maximum absolute atomic E-state index is 12.1. The van der Waals surface area contributed by atoms with E-state index in [1.54, 1.807) is 0 Å². The molecule has 0 aromatic rings. The molecule has 3 aliphatic carbocycles. The Balaban J connectivity index is 1.69. The quantitative estimate of drug-likeness (QED) is 0.754. The van der Waals surface area contributed by atoms with Crippen molar-refractivity contribution in [3.63, 3.8) is 0 Å². The first-order chi connectivity index (χ1) is 11.8. The van der Waals surface area contributed by atoms with Crippen molar-refractivity contribution >= 4 is 18.6 Å². The Morgan fingerprint density at radius 2 is 1.92 bits per heavy atom. The van der Waals surface area contributed by atoms with Crippen LogP contribution in [0.3, 0.4) is 0 Å². The summed E-state index contributed by atoms with van der Waals surface area (Å²) in [5, 5.41) is 12.9. The predicted octanol–water partition coefficient (Wildman–Crippen LogP) is 3.24. The lowest BCUT2D eigenvalue weighted by Crippen LogP contribution is -2.68. The van der Waals surface area contributed by atoms with Crippen LogP contribution in [0.25, 0.3) is 0 Å². The molecule has 25 heavy (non-hydrogen) atoms. The number of carbonyl (C=O) groups excluding carboxylic acids is 1. The maximum Gasteiger partial charge on any atom is 0.307 e. The van der Waals surface area contributed by atoms with Gasteiger partial charge in [0.2, 0.25) is 5.91 Å². The second-order valence-electron chi connectivity index (χ2n) is 9.41. The van der Waals surface area contributed by atoms with Crippen molar-refractivity contribution in [1.82, 2.24) is 5.32 Å². The summed E-state index contributed by atoms with van der Waals surface area (Å²) in [6.07, 6.45) is 7.17. The summed E-state index contributed by atoms with van der Waals surface area (Å²) in [4.78, 5) is 28.3.